The van der Waals surface area contributed by atoms with E-state index < -0.39 is 24.3 Å². The summed E-state index contributed by atoms with van der Waals surface area (Å²) in [6.45, 7) is 13.6. The Morgan fingerprint density at radius 3 is 1.48 bits per heavy atom. The molecular weight excluding hydrogens is 1000 g/mol. The molecule has 2 fully saturated rings. The number of nitrogens with two attached hydrogens (primary N) is 1. The van der Waals surface area contributed by atoms with Crippen molar-refractivity contribution in [3.05, 3.63) is 168 Å². The summed E-state index contributed by atoms with van der Waals surface area (Å²) in [7, 11) is 2.75. The van der Waals surface area contributed by atoms with E-state index in [1.54, 1.807) is 57.5 Å². The highest BCUT2D eigenvalue weighted by Crippen LogP contribution is 2.35. The highest BCUT2D eigenvalue weighted by molar-refractivity contribution is 6.03. The Morgan fingerprint density at radius 1 is 0.620 bits per heavy atom. The molecule has 2 aliphatic heterocycles. The smallest absolute Gasteiger partial charge is 0.410 e. The van der Waals surface area contributed by atoms with Gasteiger partial charge in [0.05, 0.1) is 25.1 Å². The largest absolute Gasteiger partial charge is 0.478 e. The fraction of sp³-hybridized carbons (Fsp3) is 0.355. The molecule has 4 unspecified atom stereocenters. The molecule has 4 aromatic heterocycles. The summed E-state index contributed by atoms with van der Waals surface area (Å²) in [5.74, 6) is -0.411. The number of ketones is 1. The topological polar surface area (TPSA) is 201 Å². The van der Waals surface area contributed by atoms with Gasteiger partial charge in [-0.2, -0.15) is 10.2 Å². The van der Waals surface area contributed by atoms with Gasteiger partial charge >= 0.3 is 18.2 Å². The van der Waals surface area contributed by atoms with E-state index >= 15 is 0 Å². The standard InChI is InChI=1S/C31H34N4O3.C16H24N2O2.C14H11N3O2.CH3F/c1-31(2,3)38-30(37)35-19-21(16-25(20-35)22-8-6-5-7-9-22)17-28(36)24-10-11-27-26(18-24)29(33-34(27)4)23-12-14-32-15-13-23;1-16(2,3)20-15(19)18-10-13(9-14(17)11-18)12-7-5-4-6-8-12;1-17-12-3-2-10(14(18)19)8-11(12)13(16-17)9-4-6-15-7-5-9;1-2/h5-15,18,21,25H,16-17,19-20H2,1-4H3;4-8,13-14H,9-11,17H2,1-3H3;2-8H,1H3,(H,18,19);1H3/i;;;1D. The minimum atomic E-state index is -1.00. The molecule has 16 nitrogen and oxygen atoms in total. The Labute approximate surface area is 462 Å². The van der Waals surface area contributed by atoms with Crippen LogP contribution in [0.3, 0.4) is 0 Å². The van der Waals surface area contributed by atoms with Crippen molar-refractivity contribution < 1.29 is 39.5 Å². The number of fused-ring (bicyclic) bond motifs is 2. The highest BCUT2D eigenvalue weighted by atomic mass is 19.1. The number of likely N-dealkylation sites (tertiary alicyclic amines) is 2. The third kappa shape index (κ3) is 15.5. The Bertz CT molecular complexity index is 3350. The normalized spacial score (nSPS) is 17.4. The number of carbonyl (C=O) groups excluding carboxylic acids is 3. The number of Topliss-reactive ketones (excluding diaryl/α,β-unsaturated/α-hetero) is 1. The molecule has 10 rings (SSSR count). The number of aromatic nitrogens is 6. The zero-order chi connectivity index (χ0) is 57.7. The third-order valence-electron chi connectivity index (χ3n) is 13.5. The van der Waals surface area contributed by atoms with Crippen LogP contribution < -0.4 is 5.73 Å². The number of piperidine rings is 2. The minimum Gasteiger partial charge on any atom is -0.478 e. The first-order chi connectivity index (χ1) is 38.1. The summed E-state index contributed by atoms with van der Waals surface area (Å²) in [5.41, 5.74) is 13.7. The summed E-state index contributed by atoms with van der Waals surface area (Å²) >= 11 is 0. The number of alkyl halides is 1. The van der Waals surface area contributed by atoms with Gasteiger partial charge in [0.25, 0.3) is 0 Å². The Hall–Kier alpha value is -8.31. The zero-order valence-corrected chi connectivity index (χ0v) is 46.3. The molecular formula is C62H72FN9O7. The van der Waals surface area contributed by atoms with Crippen LogP contribution in [0, 0.1) is 5.92 Å². The molecule has 0 aliphatic carbocycles. The van der Waals surface area contributed by atoms with Gasteiger partial charge in [-0.15, -0.1) is 0 Å². The molecule has 3 N–H and O–H groups in total. The van der Waals surface area contributed by atoms with Gasteiger partial charge in [0.2, 0.25) is 0 Å². The van der Waals surface area contributed by atoms with Gasteiger partial charge in [0.15, 0.2) is 5.78 Å². The summed E-state index contributed by atoms with van der Waals surface area (Å²) in [6.07, 6.45) is 8.38. The first kappa shape index (κ1) is 56.9. The van der Waals surface area contributed by atoms with Crippen LogP contribution in [0.4, 0.5) is 14.0 Å². The number of pyridine rings is 2. The van der Waals surface area contributed by atoms with E-state index in [1.807, 2.05) is 139 Å². The lowest BCUT2D eigenvalue weighted by Gasteiger charge is -2.38. The molecule has 0 spiro atoms. The molecule has 17 heteroatoms. The van der Waals surface area contributed by atoms with Gasteiger partial charge < -0.3 is 30.1 Å². The highest BCUT2D eigenvalue weighted by Gasteiger charge is 2.35. The zero-order valence-electron chi connectivity index (χ0n) is 47.3. The van der Waals surface area contributed by atoms with E-state index in [9.17, 15) is 23.6 Å². The quantitative estimate of drug-likeness (QED) is 0.137. The van der Waals surface area contributed by atoms with E-state index in [4.69, 9.17) is 26.8 Å². The molecule has 414 valence electrons. The maximum atomic E-state index is 13.6. The van der Waals surface area contributed by atoms with Crippen LogP contribution in [-0.2, 0) is 23.6 Å². The Balaban J connectivity index is 0.000000185. The monoisotopic (exact) mass is 1070 g/mol. The molecule has 0 radical (unpaired) electrons. The fourth-order valence-corrected chi connectivity index (χ4v) is 10.0. The van der Waals surface area contributed by atoms with Crippen LogP contribution in [0.1, 0.15) is 106 Å². The van der Waals surface area contributed by atoms with Crippen molar-refractivity contribution in [3.63, 3.8) is 0 Å². The van der Waals surface area contributed by atoms with E-state index in [2.05, 4.69) is 39.3 Å². The van der Waals surface area contributed by atoms with Crippen molar-refractivity contribution in [2.45, 2.75) is 89.9 Å². The van der Waals surface area contributed by atoms with Gasteiger partial charge in [0.1, 0.15) is 22.6 Å². The Kier molecular flexibility index (Phi) is 18.6. The van der Waals surface area contributed by atoms with Crippen LogP contribution in [0.5, 0.6) is 0 Å². The first-order valence-corrected chi connectivity index (χ1v) is 26.3. The second kappa shape index (κ2) is 25.9. The maximum absolute atomic E-state index is 13.6. The van der Waals surface area contributed by atoms with Gasteiger partial charge in [-0.3, -0.25) is 28.5 Å². The number of amides is 2. The maximum Gasteiger partial charge on any atom is 0.410 e. The number of carboxylic acids is 1. The molecule has 4 atom stereocenters. The van der Waals surface area contributed by atoms with E-state index in [0.717, 1.165) is 57.2 Å². The lowest BCUT2D eigenvalue weighted by atomic mass is 9.81. The van der Waals surface area contributed by atoms with Gasteiger partial charge in [0, 0.05) is 117 Å². The van der Waals surface area contributed by atoms with Gasteiger partial charge in [-0.1, -0.05) is 60.7 Å². The number of aryl methyl sites for hydroxylation is 2. The number of carboxylic acid groups (broad SMARTS) is 1. The molecule has 6 heterocycles. The number of benzene rings is 4. The Morgan fingerprint density at radius 2 is 1.04 bits per heavy atom. The van der Waals surface area contributed by atoms with Crippen molar-refractivity contribution in [2.24, 2.45) is 25.7 Å². The summed E-state index contributed by atoms with van der Waals surface area (Å²) in [4.78, 5) is 61.4. The predicted octanol–water partition coefficient (Wildman–Crippen LogP) is 11.9. The van der Waals surface area contributed by atoms with Crippen LogP contribution in [0.25, 0.3) is 44.3 Å². The number of halogens is 1. The van der Waals surface area contributed by atoms with E-state index in [1.165, 1.54) is 11.1 Å². The molecule has 0 saturated carbocycles. The lowest BCUT2D eigenvalue weighted by molar-refractivity contribution is 0.0135. The molecule has 2 amide bonds. The van der Waals surface area contributed by atoms with Crippen molar-refractivity contribution in [1.29, 1.82) is 0 Å². The van der Waals surface area contributed by atoms with Crippen LogP contribution in [0.15, 0.2) is 146 Å². The number of nitrogens with zero attached hydrogens (tertiary/aromatic N) is 8. The summed E-state index contributed by atoms with van der Waals surface area (Å²) < 4.78 is 30.2. The SMILES string of the molecule is CC(C)(C)OC(=O)N1CC(N)CC(c2ccccc2)C1.Cn1nc(-c2ccncc2)c2cc(C(=O)CC3CC(c4ccccc4)CN(C(=O)OC(C)(C)C)C3)ccc21.Cn1nc(-c2ccncc2)c2cc(C(=O)O)ccc21.[2H]CF. The van der Waals surface area contributed by atoms with Crippen LogP contribution >= 0.6 is 0 Å². The van der Waals surface area contributed by atoms with Gasteiger partial charge in [-0.05, 0) is 132 Å². The first-order valence-electron chi connectivity index (χ1n) is 27.0. The molecule has 2 aliphatic rings. The van der Waals surface area contributed by atoms with Crippen molar-refractivity contribution in [1.82, 2.24) is 39.3 Å². The lowest BCUT2D eigenvalue weighted by Crippen LogP contribution is -2.50. The van der Waals surface area contributed by atoms with Gasteiger partial charge in [-0.25, -0.2) is 14.4 Å². The average molecular weight is 1080 g/mol. The van der Waals surface area contributed by atoms with Crippen molar-refractivity contribution in [3.8, 4) is 22.5 Å². The summed E-state index contributed by atoms with van der Waals surface area (Å²) in [6, 6.07) is 38.8. The second-order valence-corrected chi connectivity index (χ2v) is 21.9. The molecule has 4 aromatic carbocycles. The minimum absolute atomic E-state index is 0.00137. The number of carbonyl (C=O) groups is 4. The molecule has 2 saturated heterocycles. The molecule has 8 aromatic rings. The molecule has 0 bridgehead atoms. The molecule has 79 heavy (non-hydrogen) atoms. The fourth-order valence-electron chi connectivity index (χ4n) is 10.0. The average Bonchev–Trinajstić information content (AvgIpc) is 4.01. The number of rotatable bonds is 8. The van der Waals surface area contributed by atoms with Crippen LogP contribution in [-0.4, -0.2) is 119 Å². The van der Waals surface area contributed by atoms with Crippen LogP contribution in [0.2, 0.25) is 0 Å². The number of ether oxygens (including phenoxy) is 2. The summed E-state index contributed by atoms with van der Waals surface area (Å²) in [5, 5.41) is 20.0. The number of aromatic carboxylic acids is 1. The van der Waals surface area contributed by atoms with E-state index in [-0.39, 0.29) is 47.3 Å². The number of hydrogen-bond acceptors (Lipinski definition) is 11. The van der Waals surface area contributed by atoms with Crippen molar-refractivity contribution >= 4 is 45.7 Å². The van der Waals surface area contributed by atoms with Crippen molar-refractivity contribution in [2.75, 3.05) is 33.3 Å². The second-order valence-electron chi connectivity index (χ2n) is 21.9. The van der Waals surface area contributed by atoms with E-state index in [0.29, 0.717) is 38.2 Å². The predicted molar refractivity (Wildman–Crippen MR) is 306 cm³/mol. The third-order valence-corrected chi connectivity index (χ3v) is 13.5. The number of hydrogen-bond donors (Lipinski definition) is 2.